The van der Waals surface area contributed by atoms with E-state index in [0.717, 1.165) is 12.2 Å². The van der Waals surface area contributed by atoms with Crippen molar-refractivity contribution in [3.05, 3.63) is 0 Å². The third-order valence-electron chi connectivity index (χ3n) is 0. The average molecular weight is 151 g/mol. The second-order valence-electron chi connectivity index (χ2n) is 0.204. The Kier molecular flexibility index (Phi) is 879. The van der Waals surface area contributed by atoms with Gasteiger partial charge in [-0.1, -0.05) is 12.0 Å². The van der Waals surface area contributed by atoms with Gasteiger partial charge in [-0.15, -0.1) is 0 Å². The van der Waals surface area contributed by atoms with Crippen LogP contribution in [0.3, 0.4) is 0 Å². The van der Waals surface area contributed by atoms with Crippen LogP contribution in [0, 0.1) is 10.8 Å². The molecule has 0 aliphatic carbocycles. The minimum absolute atomic E-state index is 0. The normalized spacial score (nSPS) is 2.22. The van der Waals surface area contributed by atoms with Crippen molar-refractivity contribution in [2.75, 3.05) is 0 Å². The van der Waals surface area contributed by atoms with Crippen LogP contribution in [0.2, 0.25) is 0 Å². The first-order valence-electron chi connectivity index (χ1n) is 1.14. The molecule has 0 fully saturated rings. The molecule has 52 valence electrons. The fourth-order valence-corrected chi connectivity index (χ4v) is 0. The quantitative estimate of drug-likeness (QED) is 0.302. The third kappa shape index (κ3) is 125. The van der Waals surface area contributed by atoms with Crippen molar-refractivity contribution in [2.45, 2.75) is 7.43 Å². The molecule has 0 amide bonds. The van der Waals surface area contributed by atoms with E-state index in [1.807, 2.05) is 0 Å². The van der Waals surface area contributed by atoms with Crippen molar-refractivity contribution in [2.24, 2.45) is 0 Å². The van der Waals surface area contributed by atoms with Crippen LogP contribution in [0.4, 0.5) is 0 Å². The van der Waals surface area contributed by atoms with Gasteiger partial charge in [0.25, 0.3) is 0 Å². The van der Waals surface area contributed by atoms with Crippen molar-refractivity contribution in [3.8, 4) is 0 Å². The van der Waals surface area contributed by atoms with Crippen LogP contribution < -0.4 is 0 Å². The SMILES string of the molecule is C.N=C=O.N=C=O.O=[PH2+]. The van der Waals surface area contributed by atoms with Gasteiger partial charge in [0.05, 0.1) is 0 Å². The lowest BCUT2D eigenvalue weighted by Crippen LogP contribution is -1.16. The van der Waals surface area contributed by atoms with Gasteiger partial charge in [-0.3, -0.25) is 0 Å². The summed E-state index contributed by atoms with van der Waals surface area (Å²) in [5.74, 6) is 0. The first-order valence-corrected chi connectivity index (χ1v) is 1.62. The molecule has 6 heteroatoms. The molecule has 2 N–H and O–H groups in total. The van der Waals surface area contributed by atoms with Gasteiger partial charge in [-0.2, -0.15) is 0 Å². The van der Waals surface area contributed by atoms with E-state index in [0.29, 0.717) is 0 Å². The number of rotatable bonds is 0. The van der Waals surface area contributed by atoms with Crippen LogP contribution in [-0.2, 0) is 14.2 Å². The Labute approximate surface area is 54.7 Å². The molecule has 5 nitrogen and oxygen atoms in total. The summed E-state index contributed by atoms with van der Waals surface area (Å²) in [6.45, 7) is 0. The van der Waals surface area contributed by atoms with E-state index >= 15 is 0 Å². The largest absolute Gasteiger partial charge is 0.310 e. The number of isocyanates is 2. The molecule has 0 rings (SSSR count). The maximum absolute atomic E-state index is 8.35. The van der Waals surface area contributed by atoms with Crippen molar-refractivity contribution in [1.82, 2.24) is 0 Å². The fourth-order valence-electron chi connectivity index (χ4n) is 0. The molecule has 0 saturated carbocycles. The van der Waals surface area contributed by atoms with E-state index in [1.54, 1.807) is 0 Å². The Bertz CT molecular complexity index is 81.2. The Hall–Kier alpha value is -1.14. The van der Waals surface area contributed by atoms with Crippen molar-refractivity contribution >= 4 is 21.3 Å². The van der Waals surface area contributed by atoms with Crippen LogP contribution in [-0.4, -0.2) is 12.2 Å². The minimum atomic E-state index is 0. The minimum Gasteiger partial charge on any atom is -0.222 e. The Balaban J connectivity index is -0.0000000202. The topological polar surface area (TPSA) is 98.9 Å². The summed E-state index contributed by atoms with van der Waals surface area (Å²) < 4.78 is 8.17. The molecule has 0 saturated heterocycles. The zero-order valence-electron chi connectivity index (χ0n) is 3.80. The van der Waals surface area contributed by atoms with Gasteiger partial charge in [-0.25, -0.2) is 20.4 Å². The molecule has 0 heterocycles. The van der Waals surface area contributed by atoms with Crippen LogP contribution in [0.25, 0.3) is 0 Å². The van der Waals surface area contributed by atoms with Crippen LogP contribution in [0.1, 0.15) is 7.43 Å². The molecule has 1 unspecified atom stereocenters. The van der Waals surface area contributed by atoms with E-state index in [-0.39, 0.29) is 7.43 Å². The summed E-state index contributed by atoms with van der Waals surface area (Å²) in [7, 11) is 1.17. The first-order chi connectivity index (χ1) is 3.83. The predicted octanol–water partition coefficient (Wildman–Crippen LogP) is 0.645. The average Bonchev–Trinajstić information content (AvgIpc) is 1.75. The van der Waals surface area contributed by atoms with E-state index in [2.05, 4.69) is 0 Å². The van der Waals surface area contributed by atoms with E-state index in [9.17, 15) is 0 Å². The second-order valence-corrected chi connectivity index (χ2v) is 0.204. The highest BCUT2D eigenvalue weighted by atomic mass is 31.0. The summed E-state index contributed by atoms with van der Waals surface area (Å²) in [5, 5.41) is 10.8. The van der Waals surface area contributed by atoms with Crippen LogP contribution in [0.5, 0.6) is 0 Å². The zero-order chi connectivity index (χ0) is 7.41. The van der Waals surface area contributed by atoms with Gasteiger partial charge < -0.3 is 0 Å². The van der Waals surface area contributed by atoms with Crippen LogP contribution >= 0.6 is 9.12 Å². The lowest BCUT2D eigenvalue weighted by atomic mass is 11.7. The molecule has 0 aliphatic rings. The van der Waals surface area contributed by atoms with Crippen molar-refractivity contribution < 1.29 is 14.2 Å². The van der Waals surface area contributed by atoms with Gasteiger partial charge in [0.1, 0.15) is 0 Å². The molecule has 9 heavy (non-hydrogen) atoms. The third-order valence-corrected chi connectivity index (χ3v) is 0. The summed E-state index contributed by atoms with van der Waals surface area (Å²) in [6, 6.07) is 0. The molecule has 0 aliphatic heterocycles. The monoisotopic (exact) mass is 151 g/mol. The van der Waals surface area contributed by atoms with Gasteiger partial charge in [0.2, 0.25) is 12.2 Å². The van der Waals surface area contributed by atoms with E-state index in [4.69, 9.17) is 25.0 Å². The van der Waals surface area contributed by atoms with Gasteiger partial charge in [0.15, 0.2) is 0 Å². The molecule has 0 aromatic heterocycles. The molecule has 0 spiro atoms. The lowest BCUT2D eigenvalue weighted by Gasteiger charge is -1.02. The Morgan fingerprint density at radius 1 is 1.00 bits per heavy atom. The summed E-state index contributed by atoms with van der Waals surface area (Å²) in [4.78, 5) is 16.7. The zero-order valence-corrected chi connectivity index (χ0v) is 4.96. The summed E-state index contributed by atoms with van der Waals surface area (Å²) in [6.07, 6.45) is 1.50. The predicted molar refractivity (Wildman–Crippen MR) is 34.0 cm³/mol. The van der Waals surface area contributed by atoms with Gasteiger partial charge in [-0.05, 0) is 0 Å². The first kappa shape index (κ1) is 24.8. The molecular weight excluding hydrogens is 143 g/mol. The summed E-state index contributed by atoms with van der Waals surface area (Å²) in [5.41, 5.74) is 0. The fraction of sp³-hybridized carbons (Fsp3) is 0.333. The smallest absolute Gasteiger partial charge is 0.222 e. The standard InChI is InChI=1S/2CHNO.CH4.H2OP/c2*2-1-3;;1-2/h2*2H;1H4;2H2/q;;;+1. The number of hydrogen-bond acceptors (Lipinski definition) is 5. The lowest BCUT2D eigenvalue weighted by molar-refractivity contribution is 0.562. The van der Waals surface area contributed by atoms with Gasteiger partial charge in [0, 0.05) is 0 Å². The van der Waals surface area contributed by atoms with Crippen molar-refractivity contribution in [1.29, 1.82) is 10.8 Å². The highest BCUT2D eigenvalue weighted by molar-refractivity contribution is 7.00. The van der Waals surface area contributed by atoms with E-state index in [1.165, 1.54) is 9.12 Å². The highest BCUT2D eigenvalue weighted by Crippen LogP contribution is 1.23. The Morgan fingerprint density at radius 3 is 1.00 bits per heavy atom. The molecule has 0 aromatic rings. The highest BCUT2D eigenvalue weighted by Gasteiger charge is 1.04. The van der Waals surface area contributed by atoms with Gasteiger partial charge >= 0.3 is 9.12 Å². The second kappa shape index (κ2) is 319. The maximum atomic E-state index is 8.35. The molecule has 0 radical (unpaired) electrons. The van der Waals surface area contributed by atoms with E-state index < -0.39 is 0 Å². The summed E-state index contributed by atoms with van der Waals surface area (Å²) >= 11 is 0. The number of carbonyl (C=O) groups excluding carboxylic acids is 2. The number of hydrogen-bond donors (Lipinski definition) is 2. The number of nitrogens with one attached hydrogen (secondary N) is 2. The molecule has 1 atom stereocenters. The molecular formula is C3H8N2O3P+. The Morgan fingerprint density at radius 2 is 1.00 bits per heavy atom. The van der Waals surface area contributed by atoms with Crippen molar-refractivity contribution in [3.63, 3.8) is 0 Å². The maximum Gasteiger partial charge on any atom is 0.310 e. The molecule has 0 bridgehead atoms. The van der Waals surface area contributed by atoms with Crippen LogP contribution in [0.15, 0.2) is 0 Å². The molecule has 0 aromatic carbocycles.